The number of hydrogen-bond donors (Lipinski definition) is 3. The summed E-state index contributed by atoms with van der Waals surface area (Å²) in [5.41, 5.74) is 7.55. The molecular weight excluding hydrogens is 318 g/mol. The van der Waals surface area contributed by atoms with Crippen LogP contribution in [0.25, 0.3) is 6.08 Å². The Bertz CT molecular complexity index is 614. The van der Waals surface area contributed by atoms with Gasteiger partial charge in [0, 0.05) is 12.1 Å². The van der Waals surface area contributed by atoms with Gasteiger partial charge in [0.15, 0.2) is 5.11 Å². The van der Waals surface area contributed by atoms with Crippen molar-refractivity contribution in [2.24, 2.45) is 11.8 Å². The van der Waals surface area contributed by atoms with E-state index in [0.717, 1.165) is 17.5 Å². The van der Waals surface area contributed by atoms with Gasteiger partial charge in [-0.15, -0.1) is 0 Å². The van der Waals surface area contributed by atoms with Gasteiger partial charge in [-0.2, -0.15) is 0 Å². The van der Waals surface area contributed by atoms with Crippen molar-refractivity contribution >= 4 is 29.3 Å². The molecule has 0 unspecified atom stereocenters. The molecule has 1 aromatic carbocycles. The lowest BCUT2D eigenvalue weighted by atomic mass is 9.78. The molecule has 0 aliphatic heterocycles. The lowest BCUT2D eigenvalue weighted by molar-refractivity contribution is -0.116. The van der Waals surface area contributed by atoms with E-state index < -0.39 is 0 Å². The van der Waals surface area contributed by atoms with Crippen LogP contribution >= 0.6 is 12.2 Å². The van der Waals surface area contributed by atoms with Crippen molar-refractivity contribution in [2.45, 2.75) is 46.1 Å². The van der Waals surface area contributed by atoms with Crippen LogP contribution in [0, 0.1) is 18.8 Å². The van der Waals surface area contributed by atoms with Crippen LogP contribution in [-0.4, -0.2) is 17.1 Å². The van der Waals surface area contributed by atoms with Crippen molar-refractivity contribution in [3.8, 4) is 0 Å². The number of nitrogens with one attached hydrogen (secondary N) is 3. The molecule has 24 heavy (non-hydrogen) atoms. The SMILES string of the molecule is Cc1ccccc1/C=C/C(=O)NNC(=S)N[C@@H]1CCC[C@@H](C)[C@@H]1C. The number of carbonyl (C=O) groups excluding carboxylic acids is 1. The maximum atomic E-state index is 11.9. The number of carbonyl (C=O) groups is 1. The van der Waals surface area contributed by atoms with Crippen molar-refractivity contribution < 1.29 is 4.79 Å². The summed E-state index contributed by atoms with van der Waals surface area (Å²) in [4.78, 5) is 11.9. The van der Waals surface area contributed by atoms with Crippen LogP contribution in [0.15, 0.2) is 30.3 Å². The molecule has 0 bridgehead atoms. The van der Waals surface area contributed by atoms with Crippen LogP contribution in [0.1, 0.15) is 44.2 Å². The number of benzene rings is 1. The first-order valence-corrected chi connectivity index (χ1v) is 8.98. The van der Waals surface area contributed by atoms with Gasteiger partial charge >= 0.3 is 0 Å². The average molecular weight is 346 g/mol. The van der Waals surface area contributed by atoms with E-state index in [0.29, 0.717) is 23.0 Å². The molecule has 0 spiro atoms. The van der Waals surface area contributed by atoms with Gasteiger partial charge in [-0.3, -0.25) is 15.6 Å². The first kappa shape index (κ1) is 18.5. The number of hydrazine groups is 1. The van der Waals surface area contributed by atoms with Crippen LogP contribution in [0.3, 0.4) is 0 Å². The number of amides is 1. The topological polar surface area (TPSA) is 53.2 Å². The molecule has 1 fully saturated rings. The third kappa shape index (κ3) is 5.34. The molecule has 3 N–H and O–H groups in total. The molecule has 2 rings (SSSR count). The first-order valence-electron chi connectivity index (χ1n) is 8.57. The standard InChI is InChI=1S/C19H27N3OS/c1-13-8-6-10-17(15(13)3)20-19(24)22-21-18(23)12-11-16-9-5-4-7-14(16)2/h4-5,7,9,11-13,15,17H,6,8,10H2,1-3H3,(H,21,23)(H2,20,22,24)/b12-11+/t13-,15+,17-/m1/s1. The maximum absolute atomic E-state index is 11.9. The van der Waals surface area contributed by atoms with E-state index in [2.05, 4.69) is 30.0 Å². The lowest BCUT2D eigenvalue weighted by Crippen LogP contribution is -2.52. The van der Waals surface area contributed by atoms with Gasteiger partial charge in [0.1, 0.15) is 0 Å². The summed E-state index contributed by atoms with van der Waals surface area (Å²) in [6, 6.07) is 8.29. The molecular formula is C19H27N3OS. The van der Waals surface area contributed by atoms with E-state index in [4.69, 9.17) is 12.2 Å². The summed E-state index contributed by atoms with van der Waals surface area (Å²) in [5, 5.41) is 3.79. The van der Waals surface area contributed by atoms with E-state index in [9.17, 15) is 4.79 Å². The summed E-state index contributed by atoms with van der Waals surface area (Å²) in [6.07, 6.45) is 6.92. The van der Waals surface area contributed by atoms with Crippen LogP contribution < -0.4 is 16.2 Å². The number of aryl methyl sites for hydroxylation is 1. The fraction of sp³-hybridized carbons (Fsp3) is 0.474. The highest BCUT2D eigenvalue weighted by molar-refractivity contribution is 7.80. The fourth-order valence-electron chi connectivity index (χ4n) is 3.09. The van der Waals surface area contributed by atoms with Crippen molar-refractivity contribution in [2.75, 3.05) is 0 Å². The molecule has 1 aromatic rings. The Labute approximate surface area is 150 Å². The van der Waals surface area contributed by atoms with Gasteiger partial charge in [0.05, 0.1) is 0 Å². The molecule has 0 saturated heterocycles. The van der Waals surface area contributed by atoms with Crippen LogP contribution in [0.2, 0.25) is 0 Å². The van der Waals surface area contributed by atoms with Crippen molar-refractivity contribution in [1.29, 1.82) is 0 Å². The monoisotopic (exact) mass is 345 g/mol. The van der Waals surface area contributed by atoms with Crippen LogP contribution in [0.4, 0.5) is 0 Å². The molecule has 5 heteroatoms. The second-order valence-electron chi connectivity index (χ2n) is 6.65. The van der Waals surface area contributed by atoms with Crippen molar-refractivity contribution in [1.82, 2.24) is 16.2 Å². The van der Waals surface area contributed by atoms with Crippen molar-refractivity contribution in [3.05, 3.63) is 41.5 Å². The molecule has 3 atom stereocenters. The minimum absolute atomic E-state index is 0.229. The zero-order valence-corrected chi connectivity index (χ0v) is 15.5. The second-order valence-corrected chi connectivity index (χ2v) is 7.06. The predicted molar refractivity (Wildman–Crippen MR) is 103 cm³/mol. The largest absolute Gasteiger partial charge is 0.358 e. The van der Waals surface area contributed by atoms with E-state index in [1.807, 2.05) is 31.2 Å². The first-order chi connectivity index (χ1) is 11.5. The summed E-state index contributed by atoms with van der Waals surface area (Å²) < 4.78 is 0. The Hall–Kier alpha value is -1.88. The van der Waals surface area contributed by atoms with Gasteiger partial charge in [-0.25, -0.2) is 0 Å². The van der Waals surface area contributed by atoms with E-state index in [1.54, 1.807) is 6.08 Å². The highest BCUT2D eigenvalue weighted by atomic mass is 32.1. The van der Waals surface area contributed by atoms with Gasteiger partial charge < -0.3 is 5.32 Å². The Morgan fingerprint density at radius 3 is 2.71 bits per heavy atom. The molecule has 0 radical (unpaired) electrons. The smallest absolute Gasteiger partial charge is 0.262 e. The second kappa shape index (κ2) is 8.83. The quantitative estimate of drug-likeness (QED) is 0.447. The zero-order chi connectivity index (χ0) is 17.5. The number of hydrogen-bond acceptors (Lipinski definition) is 2. The van der Waals surface area contributed by atoms with Crippen LogP contribution in [-0.2, 0) is 4.79 Å². The van der Waals surface area contributed by atoms with Gasteiger partial charge in [-0.05, 0) is 54.6 Å². The summed E-state index contributed by atoms with van der Waals surface area (Å²) in [5.74, 6) is 1.05. The molecule has 4 nitrogen and oxygen atoms in total. The van der Waals surface area contributed by atoms with E-state index >= 15 is 0 Å². The Balaban J connectivity index is 1.77. The van der Waals surface area contributed by atoms with E-state index in [-0.39, 0.29) is 5.91 Å². The lowest BCUT2D eigenvalue weighted by Gasteiger charge is -2.35. The maximum Gasteiger partial charge on any atom is 0.262 e. The molecule has 0 heterocycles. The molecule has 1 amide bonds. The van der Waals surface area contributed by atoms with E-state index in [1.165, 1.54) is 18.9 Å². The summed E-state index contributed by atoms with van der Waals surface area (Å²) >= 11 is 5.28. The Morgan fingerprint density at radius 1 is 1.21 bits per heavy atom. The minimum atomic E-state index is -0.229. The van der Waals surface area contributed by atoms with Gasteiger partial charge in [0.25, 0.3) is 5.91 Å². The molecule has 0 aromatic heterocycles. The predicted octanol–water partition coefficient (Wildman–Crippen LogP) is 3.33. The van der Waals surface area contributed by atoms with Gasteiger partial charge in [-0.1, -0.05) is 51.0 Å². The third-order valence-electron chi connectivity index (χ3n) is 4.93. The zero-order valence-electron chi connectivity index (χ0n) is 14.6. The number of thiocarbonyl (C=S) groups is 1. The molecule has 1 saturated carbocycles. The summed E-state index contributed by atoms with van der Waals surface area (Å²) in [7, 11) is 0. The Kier molecular flexibility index (Phi) is 6.79. The highest BCUT2D eigenvalue weighted by Crippen LogP contribution is 2.29. The Morgan fingerprint density at radius 2 is 1.96 bits per heavy atom. The molecule has 130 valence electrons. The highest BCUT2D eigenvalue weighted by Gasteiger charge is 2.27. The molecule has 1 aliphatic carbocycles. The average Bonchev–Trinajstić information content (AvgIpc) is 2.56. The van der Waals surface area contributed by atoms with Crippen molar-refractivity contribution in [3.63, 3.8) is 0 Å². The van der Waals surface area contributed by atoms with Crippen LogP contribution in [0.5, 0.6) is 0 Å². The molecule has 1 aliphatic rings. The minimum Gasteiger partial charge on any atom is -0.358 e. The fourth-order valence-corrected chi connectivity index (χ4v) is 3.29. The van der Waals surface area contributed by atoms with Gasteiger partial charge in [0.2, 0.25) is 0 Å². The third-order valence-corrected chi connectivity index (χ3v) is 5.15. The summed E-state index contributed by atoms with van der Waals surface area (Å²) in [6.45, 7) is 6.56. The number of rotatable bonds is 3. The normalized spacial score (nSPS) is 23.7.